The van der Waals surface area contributed by atoms with Crippen LogP contribution in [0, 0.1) is 0 Å². The van der Waals surface area contributed by atoms with Crippen molar-refractivity contribution < 1.29 is 28.5 Å². The number of esters is 1. The molecule has 11 heteroatoms. The number of carbonyl (C=O) groups excluding carboxylic acids is 1. The maximum absolute atomic E-state index is 14.1. The van der Waals surface area contributed by atoms with E-state index in [4.69, 9.17) is 23.7 Å². The maximum atomic E-state index is 14.1. The van der Waals surface area contributed by atoms with E-state index in [1.54, 1.807) is 51.3 Å². The van der Waals surface area contributed by atoms with Gasteiger partial charge in [-0.1, -0.05) is 46.0 Å². The molecule has 0 N–H and O–H groups in total. The van der Waals surface area contributed by atoms with E-state index in [9.17, 15) is 9.59 Å². The van der Waals surface area contributed by atoms with Gasteiger partial charge in [0.15, 0.2) is 27.8 Å². The fourth-order valence-electron chi connectivity index (χ4n) is 4.58. The highest BCUT2D eigenvalue weighted by molar-refractivity contribution is 9.10. The van der Waals surface area contributed by atoms with E-state index in [0.29, 0.717) is 67.9 Å². The minimum Gasteiger partial charge on any atom is -0.493 e. The first kappa shape index (κ1) is 31.1. The molecule has 0 aliphatic carbocycles. The summed E-state index contributed by atoms with van der Waals surface area (Å²) in [6, 6.07) is 8.19. The molecule has 3 aromatic rings. The number of fused-ring (bicyclic) bond motifs is 1. The summed E-state index contributed by atoms with van der Waals surface area (Å²) < 4.78 is 30.8. The highest BCUT2D eigenvalue weighted by atomic mass is 79.9. The van der Waals surface area contributed by atoms with Gasteiger partial charge in [-0.15, -0.1) is 0 Å². The molecule has 2 aromatic carbocycles. The number of ether oxygens (including phenoxy) is 5. The molecule has 0 spiro atoms. The van der Waals surface area contributed by atoms with Gasteiger partial charge in [0.1, 0.15) is 6.61 Å². The Morgan fingerprint density at radius 2 is 1.76 bits per heavy atom. The Labute approximate surface area is 256 Å². The van der Waals surface area contributed by atoms with E-state index in [2.05, 4.69) is 27.5 Å². The fraction of sp³-hybridized carbons (Fsp3) is 0.323. The summed E-state index contributed by atoms with van der Waals surface area (Å²) in [4.78, 5) is 32.5. The van der Waals surface area contributed by atoms with Crippen LogP contribution in [0.2, 0.25) is 0 Å². The molecule has 0 bridgehead atoms. The van der Waals surface area contributed by atoms with Gasteiger partial charge in [0.25, 0.3) is 5.56 Å². The molecule has 1 aliphatic heterocycles. The first-order valence-corrected chi connectivity index (χ1v) is 15.1. The molecule has 0 unspecified atom stereocenters. The number of carbonyl (C=O) groups is 1. The number of halogens is 1. The second-order valence-electron chi connectivity index (χ2n) is 9.00. The number of methoxy groups -OCH3 is 1. The van der Waals surface area contributed by atoms with Crippen molar-refractivity contribution in [2.24, 2.45) is 4.99 Å². The minimum atomic E-state index is -0.824. The second kappa shape index (κ2) is 13.9. The zero-order chi connectivity index (χ0) is 30.4. The Morgan fingerprint density at radius 1 is 1.05 bits per heavy atom. The lowest BCUT2D eigenvalue weighted by molar-refractivity contribution is -0.139. The molecular formula is C31H33BrN2O7S. The highest BCUT2D eigenvalue weighted by Gasteiger charge is 2.35. The van der Waals surface area contributed by atoms with E-state index < -0.39 is 12.0 Å². The molecule has 0 saturated heterocycles. The average molecular weight is 658 g/mol. The predicted molar refractivity (Wildman–Crippen MR) is 166 cm³/mol. The lowest BCUT2D eigenvalue weighted by Crippen LogP contribution is -2.40. The van der Waals surface area contributed by atoms with Crippen molar-refractivity contribution in [1.82, 2.24) is 4.57 Å². The van der Waals surface area contributed by atoms with Crippen LogP contribution < -0.4 is 33.8 Å². The normalized spacial score (nSPS) is 14.6. The van der Waals surface area contributed by atoms with Gasteiger partial charge in [-0.3, -0.25) is 9.36 Å². The zero-order valence-electron chi connectivity index (χ0n) is 24.2. The third-order valence-corrected chi connectivity index (χ3v) is 7.99. The van der Waals surface area contributed by atoms with Crippen LogP contribution in [0.4, 0.5) is 0 Å². The van der Waals surface area contributed by atoms with E-state index in [-0.39, 0.29) is 17.7 Å². The first-order chi connectivity index (χ1) is 20.3. The Balaban J connectivity index is 1.93. The SMILES string of the molecule is C=CCOc1ccc(/C=c2/sc3n(c2=O)[C@@H](c2cc(OC)c(OCC)cc2Br)C(C(=O)OCC)=C(C)N=3)cc1OCC. The van der Waals surface area contributed by atoms with Crippen LogP contribution in [0.5, 0.6) is 23.0 Å². The average Bonchev–Trinajstić information content (AvgIpc) is 3.26. The van der Waals surface area contributed by atoms with Gasteiger partial charge in [-0.2, -0.15) is 0 Å². The molecule has 9 nitrogen and oxygen atoms in total. The number of nitrogens with zero attached hydrogens (tertiary/aromatic N) is 2. The maximum Gasteiger partial charge on any atom is 0.338 e. The summed E-state index contributed by atoms with van der Waals surface area (Å²) in [7, 11) is 1.54. The molecule has 2 heterocycles. The molecule has 1 atom stereocenters. The van der Waals surface area contributed by atoms with E-state index in [1.807, 2.05) is 26.0 Å². The molecule has 1 aromatic heterocycles. The minimum absolute atomic E-state index is 0.176. The molecule has 0 saturated carbocycles. The standard InChI is InChI=1S/C31H33BrN2O7S/c1-7-13-41-22-12-11-19(14-24(22)38-8-2)15-26-29(35)34-28(20-16-23(37-6)25(39-9-3)17-21(20)32)27(30(36)40-10-4)18(5)33-31(34)42-26/h7,11-12,14-17,28H,1,8-10,13H2,2-6H3/b26-15+/t28-/m0/s1. The smallest absolute Gasteiger partial charge is 0.338 e. The van der Waals surface area contributed by atoms with Gasteiger partial charge in [-0.05, 0) is 69.2 Å². The number of rotatable bonds is 12. The number of hydrogen-bond acceptors (Lipinski definition) is 9. The topological polar surface area (TPSA) is 97.6 Å². The number of benzene rings is 2. The van der Waals surface area contributed by atoms with Gasteiger partial charge < -0.3 is 23.7 Å². The second-order valence-corrected chi connectivity index (χ2v) is 10.9. The summed E-state index contributed by atoms with van der Waals surface area (Å²) in [5.41, 5.74) is 1.81. The third-order valence-electron chi connectivity index (χ3n) is 6.32. The van der Waals surface area contributed by atoms with Crippen LogP contribution in [0.25, 0.3) is 6.08 Å². The van der Waals surface area contributed by atoms with Gasteiger partial charge in [0.05, 0.1) is 48.8 Å². The zero-order valence-corrected chi connectivity index (χ0v) is 26.6. The molecule has 0 amide bonds. The molecule has 42 heavy (non-hydrogen) atoms. The van der Waals surface area contributed by atoms with Crippen molar-refractivity contribution in [3.8, 4) is 23.0 Å². The molecule has 4 rings (SSSR count). The van der Waals surface area contributed by atoms with Crippen LogP contribution in [-0.2, 0) is 9.53 Å². The summed E-state index contributed by atoms with van der Waals surface area (Å²) in [5, 5.41) is 0. The molecule has 1 aliphatic rings. The summed E-state index contributed by atoms with van der Waals surface area (Å²) >= 11 is 4.88. The summed E-state index contributed by atoms with van der Waals surface area (Å²) in [6.45, 7) is 12.3. The monoisotopic (exact) mass is 656 g/mol. The molecule has 0 fully saturated rings. The van der Waals surface area contributed by atoms with Crippen LogP contribution in [0.1, 0.15) is 44.9 Å². The first-order valence-electron chi connectivity index (χ1n) is 13.5. The van der Waals surface area contributed by atoms with Crippen LogP contribution in [0.3, 0.4) is 0 Å². The predicted octanol–water partition coefficient (Wildman–Crippen LogP) is 4.93. The van der Waals surface area contributed by atoms with Gasteiger partial charge in [-0.25, -0.2) is 9.79 Å². The molecule has 0 radical (unpaired) electrons. The van der Waals surface area contributed by atoms with Crippen LogP contribution in [0.15, 0.2) is 68.5 Å². The lowest BCUT2D eigenvalue weighted by Gasteiger charge is -2.26. The van der Waals surface area contributed by atoms with Crippen molar-refractivity contribution >= 4 is 39.3 Å². The van der Waals surface area contributed by atoms with Crippen LogP contribution >= 0.6 is 27.3 Å². The Hall–Kier alpha value is -3.83. The fourth-order valence-corrected chi connectivity index (χ4v) is 6.16. The Morgan fingerprint density at radius 3 is 2.40 bits per heavy atom. The number of hydrogen-bond donors (Lipinski definition) is 0. The Kier molecular flexibility index (Phi) is 10.3. The van der Waals surface area contributed by atoms with E-state index >= 15 is 0 Å². The van der Waals surface area contributed by atoms with Crippen molar-refractivity contribution in [1.29, 1.82) is 0 Å². The highest BCUT2D eigenvalue weighted by Crippen LogP contribution is 2.41. The quantitative estimate of drug-likeness (QED) is 0.201. The van der Waals surface area contributed by atoms with Crippen LogP contribution in [-0.4, -0.2) is 44.1 Å². The van der Waals surface area contributed by atoms with Crippen molar-refractivity contribution in [2.45, 2.75) is 33.7 Å². The van der Waals surface area contributed by atoms with Gasteiger partial charge in [0.2, 0.25) is 0 Å². The number of thiazole rings is 1. The van der Waals surface area contributed by atoms with Crippen molar-refractivity contribution in [2.75, 3.05) is 33.5 Å². The lowest BCUT2D eigenvalue weighted by atomic mass is 9.95. The van der Waals surface area contributed by atoms with Gasteiger partial charge >= 0.3 is 5.97 Å². The van der Waals surface area contributed by atoms with E-state index in [1.165, 1.54) is 15.9 Å². The van der Waals surface area contributed by atoms with Crippen molar-refractivity contribution in [3.63, 3.8) is 0 Å². The summed E-state index contributed by atoms with van der Waals surface area (Å²) in [5.74, 6) is 1.60. The number of allylic oxidation sites excluding steroid dienone is 1. The largest absolute Gasteiger partial charge is 0.493 e. The molecule has 222 valence electrons. The summed E-state index contributed by atoms with van der Waals surface area (Å²) in [6.07, 6.45) is 3.43. The third kappa shape index (κ3) is 6.32. The van der Waals surface area contributed by atoms with Gasteiger partial charge in [0, 0.05) is 4.47 Å². The number of aromatic nitrogens is 1. The van der Waals surface area contributed by atoms with E-state index in [0.717, 1.165) is 5.56 Å². The Bertz CT molecular complexity index is 1710. The van der Waals surface area contributed by atoms with Crippen molar-refractivity contribution in [3.05, 3.63) is 89.5 Å². The molecular weight excluding hydrogens is 624 g/mol.